The van der Waals surface area contributed by atoms with E-state index in [1.165, 1.54) is 11.1 Å². The molecule has 0 aromatic heterocycles. The zero-order chi connectivity index (χ0) is 19.9. The second-order valence-electron chi connectivity index (χ2n) is 6.81. The Hall–Kier alpha value is -3.78. The number of nitrogens with zero attached hydrogens (tertiary/aromatic N) is 2. The van der Waals surface area contributed by atoms with Crippen molar-refractivity contribution in [3.63, 3.8) is 0 Å². The second kappa shape index (κ2) is 8.94. The van der Waals surface area contributed by atoms with Gasteiger partial charge in [0.05, 0.1) is 5.71 Å². The first-order valence-corrected chi connectivity index (χ1v) is 9.70. The Labute approximate surface area is 171 Å². The lowest BCUT2D eigenvalue weighted by Gasteiger charge is -2.06. The van der Waals surface area contributed by atoms with Gasteiger partial charge >= 0.3 is 0 Å². The fourth-order valence-corrected chi connectivity index (χ4v) is 3.19. The van der Waals surface area contributed by atoms with Gasteiger partial charge in [0.2, 0.25) is 0 Å². The summed E-state index contributed by atoms with van der Waals surface area (Å²) in [5, 5.41) is 9.18. The summed E-state index contributed by atoms with van der Waals surface area (Å²) in [4.78, 5) is 0. The smallest absolute Gasteiger partial charge is 0.100 e. The Morgan fingerprint density at radius 2 is 0.897 bits per heavy atom. The van der Waals surface area contributed by atoms with E-state index in [0.29, 0.717) is 0 Å². The van der Waals surface area contributed by atoms with Crippen molar-refractivity contribution in [3.8, 4) is 11.1 Å². The number of benzene rings is 4. The molecule has 0 aliphatic rings. The largest absolute Gasteiger partial charge is 0.155 e. The average Bonchev–Trinajstić information content (AvgIpc) is 2.81. The Bertz CT molecular complexity index is 1070. The molecule has 4 aromatic carbocycles. The fraction of sp³-hybridized carbons (Fsp3) is 0.0370. The molecule has 2 nitrogen and oxygen atoms in total. The SMILES string of the molecule is C/C(=N\N=C(c1ccccc1)c1ccccc1)c1ccc(-c2ccccc2)cc1. The lowest BCUT2D eigenvalue weighted by Crippen LogP contribution is -2.03. The van der Waals surface area contributed by atoms with Gasteiger partial charge in [0.15, 0.2) is 0 Å². The Morgan fingerprint density at radius 1 is 0.448 bits per heavy atom. The lowest BCUT2D eigenvalue weighted by molar-refractivity contribution is 1.22. The molecule has 4 aromatic rings. The fourth-order valence-electron chi connectivity index (χ4n) is 3.19. The molecule has 0 saturated carbocycles. The first kappa shape index (κ1) is 18.6. The molecule has 140 valence electrons. The van der Waals surface area contributed by atoms with Crippen molar-refractivity contribution in [2.45, 2.75) is 6.92 Å². The van der Waals surface area contributed by atoms with Gasteiger partial charge in [-0.2, -0.15) is 5.10 Å². The highest BCUT2D eigenvalue weighted by Crippen LogP contribution is 2.19. The van der Waals surface area contributed by atoms with E-state index in [4.69, 9.17) is 0 Å². The van der Waals surface area contributed by atoms with Crippen LogP contribution in [0.2, 0.25) is 0 Å². The van der Waals surface area contributed by atoms with Crippen LogP contribution in [-0.4, -0.2) is 11.4 Å². The lowest BCUT2D eigenvalue weighted by atomic mass is 10.0. The van der Waals surface area contributed by atoms with Gasteiger partial charge in [-0.05, 0) is 23.6 Å². The van der Waals surface area contributed by atoms with Gasteiger partial charge in [-0.3, -0.25) is 0 Å². The quantitative estimate of drug-likeness (QED) is 0.277. The minimum Gasteiger partial charge on any atom is -0.155 e. The summed E-state index contributed by atoms with van der Waals surface area (Å²) < 4.78 is 0. The minimum absolute atomic E-state index is 0.867. The van der Waals surface area contributed by atoms with Gasteiger partial charge < -0.3 is 0 Å². The van der Waals surface area contributed by atoms with E-state index in [9.17, 15) is 0 Å². The maximum Gasteiger partial charge on any atom is 0.100 e. The van der Waals surface area contributed by atoms with E-state index < -0.39 is 0 Å². The van der Waals surface area contributed by atoms with Gasteiger partial charge in [0.1, 0.15) is 5.71 Å². The third kappa shape index (κ3) is 4.56. The standard InChI is InChI=1S/C27H22N2/c1-21(22-17-19-24(20-18-22)23-11-5-2-6-12-23)28-29-27(25-13-7-3-8-14-25)26-15-9-4-10-16-26/h2-20H,1H3/b28-21+. The third-order valence-corrected chi connectivity index (χ3v) is 4.80. The van der Waals surface area contributed by atoms with E-state index in [-0.39, 0.29) is 0 Å². The van der Waals surface area contributed by atoms with Crippen molar-refractivity contribution in [2.24, 2.45) is 10.2 Å². The zero-order valence-corrected chi connectivity index (χ0v) is 16.4. The minimum atomic E-state index is 0.867. The van der Waals surface area contributed by atoms with Crippen LogP contribution < -0.4 is 0 Å². The van der Waals surface area contributed by atoms with Gasteiger partial charge in [-0.25, -0.2) is 0 Å². The van der Waals surface area contributed by atoms with Crippen LogP contribution in [-0.2, 0) is 0 Å². The maximum absolute atomic E-state index is 4.63. The van der Waals surface area contributed by atoms with Crippen LogP contribution in [0, 0.1) is 0 Å². The van der Waals surface area contributed by atoms with Crippen molar-refractivity contribution in [2.75, 3.05) is 0 Å². The Kier molecular flexibility index (Phi) is 5.73. The van der Waals surface area contributed by atoms with Crippen LogP contribution in [0.3, 0.4) is 0 Å². The van der Waals surface area contributed by atoms with Gasteiger partial charge in [0, 0.05) is 11.1 Å². The van der Waals surface area contributed by atoms with Crippen LogP contribution in [0.25, 0.3) is 11.1 Å². The molecule has 4 rings (SSSR count). The van der Waals surface area contributed by atoms with E-state index >= 15 is 0 Å². The summed E-state index contributed by atoms with van der Waals surface area (Å²) in [7, 11) is 0. The third-order valence-electron chi connectivity index (χ3n) is 4.80. The summed E-state index contributed by atoms with van der Waals surface area (Å²) in [6.45, 7) is 1.99. The molecular weight excluding hydrogens is 352 g/mol. The van der Waals surface area contributed by atoms with Crippen LogP contribution in [0.4, 0.5) is 0 Å². The van der Waals surface area contributed by atoms with E-state index in [1.54, 1.807) is 0 Å². The first-order chi connectivity index (χ1) is 14.3. The number of hydrogen-bond acceptors (Lipinski definition) is 2. The molecule has 0 atom stereocenters. The van der Waals surface area contributed by atoms with E-state index in [0.717, 1.165) is 28.1 Å². The Balaban J connectivity index is 1.65. The molecule has 2 heteroatoms. The number of rotatable bonds is 5. The monoisotopic (exact) mass is 374 g/mol. The van der Waals surface area contributed by atoms with Gasteiger partial charge in [0.25, 0.3) is 0 Å². The molecule has 29 heavy (non-hydrogen) atoms. The molecule has 0 bridgehead atoms. The first-order valence-electron chi connectivity index (χ1n) is 9.70. The van der Waals surface area contributed by atoms with E-state index in [2.05, 4.69) is 83.0 Å². The normalized spacial score (nSPS) is 11.1. The molecule has 0 spiro atoms. The molecule has 0 unspecified atom stereocenters. The van der Waals surface area contributed by atoms with Crippen molar-refractivity contribution < 1.29 is 0 Å². The summed E-state index contributed by atoms with van der Waals surface area (Å²) in [5.41, 5.74) is 7.32. The summed E-state index contributed by atoms with van der Waals surface area (Å²) in [6.07, 6.45) is 0. The van der Waals surface area contributed by atoms with Gasteiger partial charge in [-0.1, -0.05) is 115 Å². The summed E-state index contributed by atoms with van der Waals surface area (Å²) in [6, 6.07) is 39.2. The topological polar surface area (TPSA) is 24.7 Å². The molecule has 0 heterocycles. The molecule has 0 fully saturated rings. The predicted octanol–water partition coefficient (Wildman–Crippen LogP) is 6.62. The second-order valence-corrected chi connectivity index (χ2v) is 6.81. The molecule has 0 amide bonds. The zero-order valence-electron chi connectivity index (χ0n) is 16.4. The van der Waals surface area contributed by atoms with E-state index in [1.807, 2.05) is 49.4 Å². The van der Waals surface area contributed by atoms with Crippen LogP contribution >= 0.6 is 0 Å². The molecule has 0 aliphatic carbocycles. The molecule has 0 radical (unpaired) electrons. The molecule has 0 aliphatic heterocycles. The van der Waals surface area contributed by atoms with Crippen molar-refractivity contribution >= 4 is 11.4 Å². The summed E-state index contributed by atoms with van der Waals surface area (Å²) >= 11 is 0. The Morgan fingerprint density at radius 3 is 1.41 bits per heavy atom. The highest BCUT2D eigenvalue weighted by Gasteiger charge is 2.06. The number of hydrogen-bond donors (Lipinski definition) is 0. The van der Waals surface area contributed by atoms with Crippen molar-refractivity contribution in [1.29, 1.82) is 0 Å². The molecular formula is C27H22N2. The molecule has 0 N–H and O–H groups in total. The van der Waals surface area contributed by atoms with Gasteiger partial charge in [-0.15, -0.1) is 5.10 Å². The van der Waals surface area contributed by atoms with Crippen LogP contribution in [0.5, 0.6) is 0 Å². The highest BCUT2D eigenvalue weighted by molar-refractivity contribution is 6.13. The van der Waals surface area contributed by atoms with Crippen molar-refractivity contribution in [3.05, 3.63) is 132 Å². The van der Waals surface area contributed by atoms with Crippen LogP contribution in [0.1, 0.15) is 23.6 Å². The highest BCUT2D eigenvalue weighted by atomic mass is 15.2. The summed E-state index contributed by atoms with van der Waals surface area (Å²) in [5.74, 6) is 0. The predicted molar refractivity (Wildman–Crippen MR) is 123 cm³/mol. The average molecular weight is 374 g/mol. The molecule has 0 saturated heterocycles. The maximum atomic E-state index is 4.63. The van der Waals surface area contributed by atoms with Crippen molar-refractivity contribution in [1.82, 2.24) is 0 Å². The van der Waals surface area contributed by atoms with Crippen LogP contribution in [0.15, 0.2) is 125 Å².